The Kier molecular flexibility index (Phi) is 9.63. The van der Waals surface area contributed by atoms with Crippen LogP contribution in [0.5, 0.6) is 11.5 Å². The first kappa shape index (κ1) is 30.8. The highest BCUT2D eigenvalue weighted by Gasteiger charge is 2.34. The Morgan fingerprint density at radius 1 is 1.14 bits per heavy atom. The predicted molar refractivity (Wildman–Crippen MR) is 170 cm³/mol. The van der Waals surface area contributed by atoms with E-state index in [1.54, 1.807) is 55.0 Å². The van der Waals surface area contributed by atoms with Gasteiger partial charge in [-0.1, -0.05) is 60.5 Å². The van der Waals surface area contributed by atoms with E-state index in [9.17, 15) is 9.59 Å². The lowest BCUT2D eigenvalue weighted by molar-refractivity contribution is -0.139. The standard InChI is InChI=1S/C34H30ClN3O5S/c1-4-7-27-30(33(40)42-5-2)31(23-8-6-9-26(17-23)41-3)38-32(39)29(44-34(38)37-27)18-24-16-25(35)14-15-28(24)43-20-22-12-10-21(19-36)11-13-22/h6,8-18,31H,4-5,7,20H2,1-3H3/b29-18-/t31-/m1/s1. The fraction of sp³-hybridized carbons (Fsp3) is 0.235. The van der Waals surface area contributed by atoms with Gasteiger partial charge in [0.15, 0.2) is 4.80 Å². The number of halogens is 1. The molecule has 4 aromatic rings. The molecule has 1 atom stereocenters. The van der Waals surface area contributed by atoms with Gasteiger partial charge < -0.3 is 14.2 Å². The maximum Gasteiger partial charge on any atom is 0.338 e. The van der Waals surface area contributed by atoms with Crippen molar-refractivity contribution in [2.45, 2.75) is 39.3 Å². The van der Waals surface area contributed by atoms with E-state index in [4.69, 9.17) is 36.1 Å². The maximum absolute atomic E-state index is 14.2. The third-order valence-corrected chi connectivity index (χ3v) is 8.26. The van der Waals surface area contributed by atoms with Crippen molar-refractivity contribution in [3.63, 3.8) is 0 Å². The van der Waals surface area contributed by atoms with Crippen LogP contribution in [0, 0.1) is 11.3 Å². The van der Waals surface area contributed by atoms with Crippen LogP contribution >= 0.6 is 22.9 Å². The zero-order valence-corrected chi connectivity index (χ0v) is 26.1. The highest BCUT2D eigenvalue weighted by Crippen LogP contribution is 2.34. The predicted octanol–water partition coefficient (Wildman–Crippen LogP) is 5.69. The molecule has 8 nitrogen and oxygen atoms in total. The Labute approximate surface area is 263 Å². The normalized spacial score (nSPS) is 14.4. The van der Waals surface area contributed by atoms with Gasteiger partial charge in [0.25, 0.3) is 5.56 Å². The lowest BCUT2D eigenvalue weighted by atomic mass is 9.94. The Morgan fingerprint density at radius 2 is 1.93 bits per heavy atom. The second kappa shape index (κ2) is 13.8. The number of ether oxygens (including phenoxy) is 3. The first-order chi connectivity index (χ1) is 21.4. The molecular formula is C34H30ClN3O5S. The number of hydrogen-bond acceptors (Lipinski definition) is 8. The van der Waals surface area contributed by atoms with E-state index >= 15 is 0 Å². The number of rotatable bonds is 10. The van der Waals surface area contributed by atoms with Gasteiger partial charge in [-0.25, -0.2) is 9.79 Å². The molecule has 5 rings (SSSR count). The van der Waals surface area contributed by atoms with Crippen LogP contribution in [0.4, 0.5) is 0 Å². The molecule has 0 unspecified atom stereocenters. The fourth-order valence-corrected chi connectivity index (χ4v) is 6.18. The molecule has 0 bridgehead atoms. The van der Waals surface area contributed by atoms with Crippen molar-refractivity contribution in [1.82, 2.24) is 4.57 Å². The number of carbonyl (C=O) groups excluding carboxylic acids is 1. The number of benzene rings is 3. The number of nitriles is 1. The molecule has 1 aliphatic heterocycles. The summed E-state index contributed by atoms with van der Waals surface area (Å²) in [6.45, 7) is 4.21. The zero-order chi connectivity index (χ0) is 31.2. The topological polar surface area (TPSA) is 103 Å². The molecule has 0 spiro atoms. The summed E-state index contributed by atoms with van der Waals surface area (Å²) in [7, 11) is 1.57. The van der Waals surface area contributed by atoms with E-state index in [1.165, 1.54) is 11.3 Å². The van der Waals surface area contributed by atoms with Crippen molar-refractivity contribution in [2.75, 3.05) is 13.7 Å². The summed E-state index contributed by atoms with van der Waals surface area (Å²) in [6.07, 6.45) is 3.03. The molecule has 224 valence electrons. The lowest BCUT2D eigenvalue weighted by Gasteiger charge is -2.26. The first-order valence-corrected chi connectivity index (χ1v) is 15.3. The number of methoxy groups -OCH3 is 1. The molecule has 0 saturated carbocycles. The molecule has 10 heteroatoms. The number of fused-ring (bicyclic) bond motifs is 1. The van der Waals surface area contributed by atoms with Crippen LogP contribution < -0.4 is 24.4 Å². The molecule has 0 saturated heterocycles. The van der Waals surface area contributed by atoms with E-state index in [1.807, 2.05) is 43.3 Å². The van der Waals surface area contributed by atoms with Crippen LogP contribution in [0.25, 0.3) is 6.08 Å². The summed E-state index contributed by atoms with van der Waals surface area (Å²) in [5.41, 5.74) is 3.41. The Hall–Kier alpha value is -4.65. The molecule has 1 aromatic heterocycles. The van der Waals surface area contributed by atoms with Crippen molar-refractivity contribution >= 4 is 35.0 Å². The van der Waals surface area contributed by atoms with E-state index in [0.717, 1.165) is 12.0 Å². The van der Waals surface area contributed by atoms with Gasteiger partial charge in [-0.2, -0.15) is 5.26 Å². The van der Waals surface area contributed by atoms with Gasteiger partial charge in [-0.3, -0.25) is 9.36 Å². The number of esters is 1. The SMILES string of the molecule is CCCC1=C(C(=O)OCC)[C@@H](c2cccc(OC)c2)n2c(s/c(=C\c3cc(Cl)ccc3OCc3ccc(C#N)cc3)c2=O)=N1. The lowest BCUT2D eigenvalue weighted by Crippen LogP contribution is -2.40. The van der Waals surface area contributed by atoms with Crippen LogP contribution in [0.15, 0.2) is 87.8 Å². The fourth-order valence-electron chi connectivity index (χ4n) is 4.99. The number of nitrogens with zero attached hydrogens (tertiary/aromatic N) is 3. The molecule has 3 aromatic carbocycles. The summed E-state index contributed by atoms with van der Waals surface area (Å²) >= 11 is 7.61. The van der Waals surface area contributed by atoms with Crippen LogP contribution in [0.3, 0.4) is 0 Å². The molecule has 0 radical (unpaired) electrons. The second-order valence-corrected chi connectivity index (χ2v) is 11.4. The minimum absolute atomic E-state index is 0.191. The van der Waals surface area contributed by atoms with Gasteiger partial charge in [0.2, 0.25) is 0 Å². The zero-order valence-electron chi connectivity index (χ0n) is 24.5. The summed E-state index contributed by atoms with van der Waals surface area (Å²) < 4.78 is 19.0. The average molecular weight is 628 g/mol. The summed E-state index contributed by atoms with van der Waals surface area (Å²) in [5, 5.41) is 9.56. The van der Waals surface area contributed by atoms with Crippen LogP contribution in [0.2, 0.25) is 5.02 Å². The highest BCUT2D eigenvalue weighted by molar-refractivity contribution is 7.07. The minimum atomic E-state index is -0.754. The Morgan fingerprint density at radius 3 is 2.64 bits per heavy atom. The minimum Gasteiger partial charge on any atom is -0.497 e. The van der Waals surface area contributed by atoms with Gasteiger partial charge in [0, 0.05) is 10.6 Å². The Balaban J connectivity index is 1.64. The summed E-state index contributed by atoms with van der Waals surface area (Å²) in [4.78, 5) is 32.9. The molecular weight excluding hydrogens is 598 g/mol. The molecule has 0 fully saturated rings. The third kappa shape index (κ3) is 6.47. The van der Waals surface area contributed by atoms with Crippen molar-refractivity contribution in [2.24, 2.45) is 4.99 Å². The molecule has 2 heterocycles. The molecule has 0 N–H and O–H groups in total. The second-order valence-electron chi connectivity index (χ2n) is 9.97. The Bertz CT molecular complexity index is 1950. The van der Waals surface area contributed by atoms with Crippen LogP contribution in [-0.4, -0.2) is 24.3 Å². The third-order valence-electron chi connectivity index (χ3n) is 7.04. The number of thiazole rings is 1. The van der Waals surface area contributed by atoms with E-state index in [2.05, 4.69) is 6.07 Å². The van der Waals surface area contributed by atoms with E-state index < -0.39 is 12.0 Å². The monoisotopic (exact) mass is 627 g/mol. The van der Waals surface area contributed by atoms with E-state index in [0.29, 0.717) is 60.2 Å². The van der Waals surface area contributed by atoms with Gasteiger partial charge in [0.1, 0.15) is 18.1 Å². The first-order valence-electron chi connectivity index (χ1n) is 14.1. The van der Waals surface area contributed by atoms with E-state index in [-0.39, 0.29) is 18.8 Å². The molecule has 1 aliphatic rings. The van der Waals surface area contributed by atoms with Gasteiger partial charge >= 0.3 is 5.97 Å². The average Bonchev–Trinajstić information content (AvgIpc) is 3.34. The van der Waals surface area contributed by atoms with Gasteiger partial charge in [-0.15, -0.1) is 0 Å². The smallest absolute Gasteiger partial charge is 0.338 e. The van der Waals surface area contributed by atoms with Crippen LogP contribution in [-0.2, 0) is 16.1 Å². The van der Waals surface area contributed by atoms with Gasteiger partial charge in [-0.05, 0) is 73.0 Å². The van der Waals surface area contributed by atoms with Crippen LogP contribution in [0.1, 0.15) is 55.0 Å². The number of hydrogen-bond donors (Lipinski definition) is 0. The highest BCUT2D eigenvalue weighted by atomic mass is 35.5. The number of allylic oxidation sites excluding steroid dienone is 1. The molecule has 0 aliphatic carbocycles. The molecule has 0 amide bonds. The van der Waals surface area contributed by atoms with Crippen molar-refractivity contribution in [1.29, 1.82) is 5.26 Å². The summed E-state index contributed by atoms with van der Waals surface area (Å²) in [6, 6.07) is 21.0. The maximum atomic E-state index is 14.2. The number of aromatic nitrogens is 1. The van der Waals surface area contributed by atoms with Crippen molar-refractivity contribution in [3.8, 4) is 17.6 Å². The number of carbonyl (C=O) groups is 1. The quantitative estimate of drug-likeness (QED) is 0.209. The van der Waals surface area contributed by atoms with Crippen molar-refractivity contribution in [3.05, 3.63) is 125 Å². The molecule has 44 heavy (non-hydrogen) atoms. The largest absolute Gasteiger partial charge is 0.497 e. The van der Waals surface area contributed by atoms with Crippen molar-refractivity contribution < 1.29 is 19.0 Å². The van der Waals surface area contributed by atoms with Gasteiger partial charge in [0.05, 0.1) is 47.2 Å². The summed E-state index contributed by atoms with van der Waals surface area (Å²) in [5.74, 6) is 0.632.